The number of hydrogen-bond donors (Lipinski definition) is 0. The first-order valence-corrected chi connectivity index (χ1v) is 8.08. The Hall–Kier alpha value is -2.22. The van der Waals surface area contributed by atoms with Crippen LogP contribution in [0.4, 0.5) is 0 Å². The summed E-state index contributed by atoms with van der Waals surface area (Å²) < 4.78 is 2.13. The molecule has 0 saturated heterocycles. The third kappa shape index (κ3) is 2.10. The zero-order valence-electron chi connectivity index (χ0n) is 13.2. The lowest BCUT2D eigenvalue weighted by Gasteiger charge is -2.25. The standard InChI is InChI=1S/C20H21N2/c1-14-6-3-4-9-17(14)20-18-11-10-16(15-7-5-8-15)12-19(18)21-13-22(20)2/h3-4,6,9-13,15H,5,7-8H2,1-2H3/q+1. The third-order valence-corrected chi connectivity index (χ3v) is 4.98. The summed E-state index contributed by atoms with van der Waals surface area (Å²) in [6.45, 7) is 2.17. The minimum atomic E-state index is 0.752. The second kappa shape index (κ2) is 5.20. The van der Waals surface area contributed by atoms with Crippen LogP contribution in [0, 0.1) is 6.92 Å². The maximum atomic E-state index is 4.66. The van der Waals surface area contributed by atoms with Crippen LogP contribution >= 0.6 is 0 Å². The highest BCUT2D eigenvalue weighted by Crippen LogP contribution is 2.37. The average Bonchev–Trinajstić information content (AvgIpc) is 2.47. The molecule has 4 rings (SSSR count). The maximum absolute atomic E-state index is 4.66. The normalized spacial score (nSPS) is 15.0. The molecule has 0 N–H and O–H groups in total. The summed E-state index contributed by atoms with van der Waals surface area (Å²) in [7, 11) is 2.08. The van der Waals surface area contributed by atoms with Crippen molar-refractivity contribution in [1.29, 1.82) is 0 Å². The van der Waals surface area contributed by atoms with E-state index in [4.69, 9.17) is 0 Å². The van der Waals surface area contributed by atoms with E-state index in [0.29, 0.717) is 0 Å². The molecule has 3 aromatic rings. The summed E-state index contributed by atoms with van der Waals surface area (Å²) >= 11 is 0. The lowest BCUT2D eigenvalue weighted by Crippen LogP contribution is -2.31. The Bertz CT molecular complexity index is 847. The van der Waals surface area contributed by atoms with Crippen LogP contribution in [0.15, 0.2) is 48.8 Å². The van der Waals surface area contributed by atoms with Gasteiger partial charge in [0.2, 0.25) is 0 Å². The van der Waals surface area contributed by atoms with Gasteiger partial charge in [-0.25, -0.2) is 4.57 Å². The molecule has 0 atom stereocenters. The highest BCUT2D eigenvalue weighted by atomic mass is 15.0. The fourth-order valence-corrected chi connectivity index (χ4v) is 3.42. The minimum absolute atomic E-state index is 0.752. The van der Waals surface area contributed by atoms with Crippen LogP contribution in [0.5, 0.6) is 0 Å². The van der Waals surface area contributed by atoms with Crippen molar-refractivity contribution >= 4 is 10.9 Å². The number of benzene rings is 2. The van der Waals surface area contributed by atoms with E-state index in [0.717, 1.165) is 11.4 Å². The monoisotopic (exact) mass is 289 g/mol. The molecule has 0 unspecified atom stereocenters. The van der Waals surface area contributed by atoms with Crippen molar-refractivity contribution in [3.05, 3.63) is 59.9 Å². The summed E-state index contributed by atoms with van der Waals surface area (Å²) in [5.41, 5.74) is 6.40. The molecule has 2 nitrogen and oxygen atoms in total. The molecule has 1 fully saturated rings. The van der Waals surface area contributed by atoms with Gasteiger partial charge in [-0.05, 0) is 53.9 Å². The maximum Gasteiger partial charge on any atom is 0.287 e. The first-order valence-electron chi connectivity index (χ1n) is 8.08. The quantitative estimate of drug-likeness (QED) is 0.643. The van der Waals surface area contributed by atoms with E-state index in [1.807, 2.05) is 6.33 Å². The van der Waals surface area contributed by atoms with E-state index in [1.54, 1.807) is 0 Å². The molecule has 1 aliphatic carbocycles. The molecule has 2 aromatic carbocycles. The zero-order valence-corrected chi connectivity index (χ0v) is 13.2. The van der Waals surface area contributed by atoms with E-state index in [1.165, 1.54) is 47.0 Å². The Morgan fingerprint density at radius 3 is 2.64 bits per heavy atom. The average molecular weight is 289 g/mol. The second-order valence-corrected chi connectivity index (χ2v) is 6.42. The topological polar surface area (TPSA) is 16.8 Å². The van der Waals surface area contributed by atoms with Crippen LogP contribution in [-0.4, -0.2) is 4.98 Å². The van der Waals surface area contributed by atoms with Gasteiger partial charge in [0.25, 0.3) is 6.33 Å². The predicted molar refractivity (Wildman–Crippen MR) is 89.7 cm³/mol. The minimum Gasteiger partial charge on any atom is -0.232 e. The van der Waals surface area contributed by atoms with Crippen molar-refractivity contribution in [2.75, 3.05) is 0 Å². The van der Waals surface area contributed by atoms with Crippen LogP contribution in [0.3, 0.4) is 0 Å². The molecule has 110 valence electrons. The van der Waals surface area contributed by atoms with Gasteiger partial charge in [-0.3, -0.25) is 0 Å². The molecule has 0 amide bonds. The predicted octanol–water partition coefficient (Wildman–Crippen LogP) is 4.30. The first-order chi connectivity index (χ1) is 10.7. The van der Waals surface area contributed by atoms with E-state index in [9.17, 15) is 0 Å². The van der Waals surface area contributed by atoms with Crippen LogP contribution in [-0.2, 0) is 7.05 Å². The summed E-state index contributed by atoms with van der Waals surface area (Å²) in [6, 6.07) is 15.4. The SMILES string of the molecule is Cc1ccccc1-c1c2ccc(C3CCC3)cc2nc[n+]1C. The Morgan fingerprint density at radius 2 is 1.91 bits per heavy atom. The Labute approximate surface area is 131 Å². The number of nitrogens with zero attached hydrogens (tertiary/aromatic N) is 2. The van der Waals surface area contributed by atoms with Gasteiger partial charge in [-0.2, -0.15) is 0 Å². The smallest absolute Gasteiger partial charge is 0.232 e. The molecular formula is C20H21N2+. The molecule has 1 saturated carbocycles. The Morgan fingerprint density at radius 1 is 1.09 bits per heavy atom. The van der Waals surface area contributed by atoms with Gasteiger partial charge in [-0.1, -0.05) is 36.8 Å². The third-order valence-electron chi connectivity index (χ3n) is 4.98. The van der Waals surface area contributed by atoms with Crippen molar-refractivity contribution < 1.29 is 4.57 Å². The molecule has 1 aromatic heterocycles. The van der Waals surface area contributed by atoms with Crippen molar-refractivity contribution in [3.63, 3.8) is 0 Å². The van der Waals surface area contributed by atoms with Crippen LogP contribution in [0.1, 0.15) is 36.3 Å². The number of rotatable bonds is 2. The fourth-order valence-electron chi connectivity index (χ4n) is 3.42. The van der Waals surface area contributed by atoms with Gasteiger partial charge in [0.05, 0.1) is 12.4 Å². The lowest BCUT2D eigenvalue weighted by atomic mass is 9.80. The molecular weight excluding hydrogens is 268 g/mol. The van der Waals surface area contributed by atoms with Crippen molar-refractivity contribution in [2.24, 2.45) is 7.05 Å². The summed E-state index contributed by atoms with van der Waals surface area (Å²) in [5, 5.41) is 1.24. The van der Waals surface area contributed by atoms with Gasteiger partial charge in [-0.15, -0.1) is 0 Å². The summed E-state index contributed by atoms with van der Waals surface area (Å²) in [6.07, 6.45) is 5.97. The van der Waals surface area contributed by atoms with E-state index in [2.05, 4.69) is 66.0 Å². The molecule has 0 spiro atoms. The molecule has 0 bridgehead atoms. The second-order valence-electron chi connectivity index (χ2n) is 6.42. The molecule has 0 aliphatic heterocycles. The van der Waals surface area contributed by atoms with E-state index < -0.39 is 0 Å². The van der Waals surface area contributed by atoms with E-state index in [-0.39, 0.29) is 0 Å². The zero-order chi connectivity index (χ0) is 15.1. The number of aromatic nitrogens is 2. The van der Waals surface area contributed by atoms with Gasteiger partial charge >= 0.3 is 0 Å². The molecule has 2 heteroatoms. The summed E-state index contributed by atoms with van der Waals surface area (Å²) in [4.78, 5) is 4.66. The number of hydrogen-bond acceptors (Lipinski definition) is 1. The van der Waals surface area contributed by atoms with Crippen molar-refractivity contribution in [3.8, 4) is 11.3 Å². The summed E-state index contributed by atoms with van der Waals surface area (Å²) in [5.74, 6) is 0.752. The van der Waals surface area contributed by atoms with Crippen LogP contribution < -0.4 is 4.57 Å². The highest BCUT2D eigenvalue weighted by Gasteiger charge is 2.22. The number of aryl methyl sites for hydroxylation is 2. The number of fused-ring (bicyclic) bond motifs is 1. The van der Waals surface area contributed by atoms with Crippen LogP contribution in [0.2, 0.25) is 0 Å². The van der Waals surface area contributed by atoms with Gasteiger partial charge in [0.1, 0.15) is 5.69 Å². The lowest BCUT2D eigenvalue weighted by molar-refractivity contribution is -0.662. The molecule has 22 heavy (non-hydrogen) atoms. The largest absolute Gasteiger partial charge is 0.287 e. The van der Waals surface area contributed by atoms with E-state index >= 15 is 0 Å². The van der Waals surface area contributed by atoms with Gasteiger partial charge < -0.3 is 0 Å². The molecule has 1 aliphatic rings. The fraction of sp³-hybridized carbons (Fsp3) is 0.300. The molecule has 0 radical (unpaired) electrons. The molecule has 1 heterocycles. The van der Waals surface area contributed by atoms with Crippen molar-refractivity contribution in [2.45, 2.75) is 32.1 Å². The van der Waals surface area contributed by atoms with Crippen molar-refractivity contribution in [1.82, 2.24) is 4.98 Å². The van der Waals surface area contributed by atoms with Crippen LogP contribution in [0.25, 0.3) is 22.2 Å². The van der Waals surface area contributed by atoms with Gasteiger partial charge in [0, 0.05) is 5.56 Å². The highest BCUT2D eigenvalue weighted by molar-refractivity contribution is 5.91. The first kappa shape index (κ1) is 13.4. The Kier molecular flexibility index (Phi) is 3.18. The Balaban J connectivity index is 1.94. The van der Waals surface area contributed by atoms with Gasteiger partial charge in [0.15, 0.2) is 5.52 Å².